The van der Waals surface area contributed by atoms with Gasteiger partial charge in [0.1, 0.15) is 17.6 Å². The average Bonchev–Trinajstić information content (AvgIpc) is 2.81. The molecule has 0 unspecified atom stereocenters. The van der Waals surface area contributed by atoms with Crippen molar-refractivity contribution in [3.63, 3.8) is 0 Å². The number of amides is 4. The first-order chi connectivity index (χ1) is 17.4. The van der Waals surface area contributed by atoms with Crippen LogP contribution in [0.2, 0.25) is 0 Å². The number of rotatable bonds is 5. The summed E-state index contributed by atoms with van der Waals surface area (Å²) in [5.74, 6) is -1.74. The summed E-state index contributed by atoms with van der Waals surface area (Å²) in [6, 6.07) is 6.54. The van der Waals surface area contributed by atoms with E-state index in [0.29, 0.717) is 11.1 Å². The highest BCUT2D eigenvalue weighted by atomic mass is 19.4. The van der Waals surface area contributed by atoms with Crippen LogP contribution in [0.3, 0.4) is 0 Å². The van der Waals surface area contributed by atoms with E-state index in [1.165, 1.54) is 25.1 Å². The molecule has 3 aromatic rings. The number of nitrogens with zero attached hydrogens (tertiary/aromatic N) is 2. The van der Waals surface area contributed by atoms with Gasteiger partial charge < -0.3 is 15.4 Å². The number of alkyl halides is 3. The second-order valence-electron chi connectivity index (χ2n) is 7.85. The number of carbonyl (C=O) groups excluding carboxylic acids is 3. The molecule has 0 aliphatic carbocycles. The number of fused-ring (bicyclic) bond motifs is 1. The lowest BCUT2D eigenvalue weighted by molar-refractivity contribution is -0.274. The molecule has 4 rings (SSSR count). The van der Waals surface area contributed by atoms with Crippen LogP contribution in [0, 0.1) is 6.92 Å². The van der Waals surface area contributed by atoms with Gasteiger partial charge in [-0.3, -0.25) is 24.3 Å². The van der Waals surface area contributed by atoms with Crippen molar-refractivity contribution in [2.45, 2.75) is 38.7 Å². The highest BCUT2D eigenvalue weighted by molar-refractivity contribution is 5.99. The minimum Gasteiger partial charge on any atom is -0.406 e. The third-order valence-corrected chi connectivity index (χ3v) is 5.27. The van der Waals surface area contributed by atoms with Crippen LogP contribution in [0.5, 0.6) is 5.75 Å². The second-order valence-corrected chi connectivity index (χ2v) is 7.85. The van der Waals surface area contributed by atoms with Crippen molar-refractivity contribution < 1.29 is 33.7 Å². The highest BCUT2D eigenvalue weighted by Gasteiger charge is 2.31. The van der Waals surface area contributed by atoms with E-state index in [9.17, 15) is 32.3 Å². The Morgan fingerprint density at radius 1 is 1.22 bits per heavy atom. The predicted molar refractivity (Wildman–Crippen MR) is 121 cm³/mol. The number of ether oxygens (including phenoxy) is 1. The summed E-state index contributed by atoms with van der Waals surface area (Å²) in [4.78, 5) is 53.8. The first kappa shape index (κ1) is 23.3. The van der Waals surface area contributed by atoms with Crippen molar-refractivity contribution in [1.82, 2.24) is 20.2 Å². The number of piperidine rings is 1. The van der Waals surface area contributed by atoms with Crippen LogP contribution in [-0.2, 0) is 16.1 Å². The number of anilines is 1. The Bertz CT molecular complexity index is 1460. The standard InChI is InChI=1S/C23H20F3N5O5/c1-12-28-17-7-2-13(10-16(17)21(34)31(12)18-8-9-19(32)30-20(18)33)11-27-22(35)29-14-3-5-15(6-4-14)36-23(24,25)26/h2-7,10,18H,8-9,11H2,1H3,(H2,27,29,35)(H,30,32,33)/t18-/m1/s1/i18D. The Morgan fingerprint density at radius 2 is 1.94 bits per heavy atom. The summed E-state index contributed by atoms with van der Waals surface area (Å²) in [6.07, 6.45) is -5.11. The maximum absolute atomic E-state index is 13.3. The average molecular weight is 504 g/mol. The molecule has 36 heavy (non-hydrogen) atoms. The Kier molecular flexibility index (Phi) is 6.27. The Balaban J connectivity index is 1.49. The van der Waals surface area contributed by atoms with Gasteiger partial charge in [0.15, 0.2) is 0 Å². The molecule has 3 N–H and O–H groups in total. The molecule has 0 spiro atoms. The predicted octanol–water partition coefficient (Wildman–Crippen LogP) is 2.90. The lowest BCUT2D eigenvalue weighted by Gasteiger charge is -2.24. The molecule has 0 radical (unpaired) electrons. The number of aromatic nitrogens is 2. The molecule has 2 heterocycles. The number of hydrogen-bond donors (Lipinski definition) is 3. The normalized spacial score (nSPS) is 18.4. The molecular formula is C23H20F3N5O5. The van der Waals surface area contributed by atoms with Crippen molar-refractivity contribution in [3.8, 4) is 5.75 Å². The van der Waals surface area contributed by atoms with Gasteiger partial charge >= 0.3 is 12.4 Å². The third-order valence-electron chi connectivity index (χ3n) is 5.27. The SMILES string of the molecule is [2H][C@@]1(n2c(C)nc3ccc(CNC(=O)Nc4ccc(OC(F)(F)F)cc4)cc3c2=O)CCC(=O)NC1=O. The van der Waals surface area contributed by atoms with Crippen molar-refractivity contribution in [1.29, 1.82) is 0 Å². The lowest BCUT2D eigenvalue weighted by atomic mass is 10.0. The number of imide groups is 1. The van der Waals surface area contributed by atoms with Crippen LogP contribution in [0.4, 0.5) is 23.7 Å². The fourth-order valence-electron chi connectivity index (χ4n) is 3.69. The minimum absolute atomic E-state index is 0.0225. The smallest absolute Gasteiger partial charge is 0.406 e. The Hall–Kier alpha value is -4.42. The molecule has 2 aromatic carbocycles. The quantitative estimate of drug-likeness (QED) is 0.458. The molecule has 0 bridgehead atoms. The van der Waals surface area contributed by atoms with Gasteiger partial charge in [0.25, 0.3) is 5.56 Å². The maximum atomic E-state index is 13.3. The summed E-state index contributed by atoms with van der Waals surface area (Å²) in [5, 5.41) is 7.22. The van der Waals surface area contributed by atoms with E-state index in [-0.39, 0.29) is 36.3 Å². The molecule has 10 nitrogen and oxygen atoms in total. The third kappa shape index (κ3) is 5.62. The van der Waals surface area contributed by atoms with Crippen LogP contribution in [0.25, 0.3) is 10.9 Å². The molecule has 0 saturated carbocycles. The Morgan fingerprint density at radius 3 is 2.61 bits per heavy atom. The second kappa shape index (κ2) is 9.68. The number of urea groups is 1. The first-order valence-electron chi connectivity index (χ1n) is 11.1. The Labute approximate surface area is 202 Å². The topological polar surface area (TPSA) is 131 Å². The molecular weight excluding hydrogens is 483 g/mol. The van der Waals surface area contributed by atoms with Gasteiger partial charge in [-0.1, -0.05) is 6.07 Å². The van der Waals surface area contributed by atoms with Gasteiger partial charge in [-0.05, 0) is 55.3 Å². The molecule has 1 atom stereocenters. The van der Waals surface area contributed by atoms with E-state index in [0.717, 1.165) is 16.7 Å². The first-order valence-corrected chi connectivity index (χ1v) is 10.6. The van der Waals surface area contributed by atoms with Gasteiger partial charge in [-0.2, -0.15) is 0 Å². The molecule has 13 heteroatoms. The molecule has 1 saturated heterocycles. The minimum atomic E-state index is -4.83. The molecule has 1 fully saturated rings. The van der Waals surface area contributed by atoms with Gasteiger partial charge in [0.2, 0.25) is 11.8 Å². The molecule has 1 aliphatic heterocycles. The van der Waals surface area contributed by atoms with E-state index < -0.39 is 41.5 Å². The summed E-state index contributed by atoms with van der Waals surface area (Å²) in [6.45, 7) is 1.47. The fraction of sp³-hybridized carbons (Fsp3) is 0.261. The summed E-state index contributed by atoms with van der Waals surface area (Å²) in [7, 11) is 0. The molecule has 188 valence electrons. The van der Waals surface area contributed by atoms with E-state index >= 15 is 0 Å². The number of carbonyl (C=O) groups is 3. The lowest BCUT2D eigenvalue weighted by Crippen LogP contribution is -2.45. The van der Waals surface area contributed by atoms with Crippen molar-refractivity contribution >= 4 is 34.4 Å². The van der Waals surface area contributed by atoms with E-state index in [1.54, 1.807) is 12.1 Å². The summed E-state index contributed by atoms with van der Waals surface area (Å²) < 4.78 is 50.1. The van der Waals surface area contributed by atoms with E-state index in [2.05, 4.69) is 25.7 Å². The van der Waals surface area contributed by atoms with Crippen molar-refractivity contribution in [3.05, 3.63) is 64.2 Å². The number of nitrogens with one attached hydrogen (secondary N) is 3. The van der Waals surface area contributed by atoms with Crippen LogP contribution in [0.1, 0.15) is 31.6 Å². The zero-order chi connectivity index (χ0) is 27.0. The van der Waals surface area contributed by atoms with Gasteiger partial charge in [0.05, 0.1) is 12.3 Å². The van der Waals surface area contributed by atoms with Gasteiger partial charge in [-0.15, -0.1) is 13.2 Å². The van der Waals surface area contributed by atoms with Crippen LogP contribution in [0.15, 0.2) is 47.3 Å². The molecule has 1 aromatic heterocycles. The van der Waals surface area contributed by atoms with Crippen LogP contribution < -0.4 is 26.2 Å². The fourth-order valence-corrected chi connectivity index (χ4v) is 3.69. The monoisotopic (exact) mass is 504 g/mol. The van der Waals surface area contributed by atoms with Crippen molar-refractivity contribution in [2.24, 2.45) is 0 Å². The summed E-state index contributed by atoms with van der Waals surface area (Å²) >= 11 is 0. The maximum Gasteiger partial charge on any atom is 0.573 e. The number of hydrogen-bond acceptors (Lipinski definition) is 6. The van der Waals surface area contributed by atoms with Gasteiger partial charge in [0, 0.05) is 18.7 Å². The zero-order valence-electron chi connectivity index (χ0n) is 19.7. The number of aryl methyl sites for hydroxylation is 1. The number of benzene rings is 2. The molecule has 4 amide bonds. The van der Waals surface area contributed by atoms with Crippen molar-refractivity contribution in [2.75, 3.05) is 5.32 Å². The van der Waals surface area contributed by atoms with Gasteiger partial charge in [-0.25, -0.2) is 9.78 Å². The van der Waals surface area contributed by atoms with Crippen LogP contribution in [-0.4, -0.2) is 33.8 Å². The largest absolute Gasteiger partial charge is 0.573 e. The van der Waals surface area contributed by atoms with E-state index in [1.807, 2.05) is 0 Å². The molecule has 1 aliphatic rings. The number of halogens is 3. The van der Waals surface area contributed by atoms with Crippen LogP contribution >= 0.6 is 0 Å². The summed E-state index contributed by atoms with van der Waals surface area (Å²) in [5.41, 5.74) is 0.407. The highest BCUT2D eigenvalue weighted by Crippen LogP contribution is 2.24. The zero-order valence-corrected chi connectivity index (χ0v) is 18.7. The van der Waals surface area contributed by atoms with E-state index in [4.69, 9.17) is 1.37 Å².